The molecule has 3 rings (SSSR count). The third kappa shape index (κ3) is 3.39. The van der Waals surface area contributed by atoms with E-state index in [1.165, 1.54) is 5.56 Å². The van der Waals surface area contributed by atoms with Gasteiger partial charge in [0.05, 0.1) is 5.69 Å². The SMILES string of the molecule is Cc1cc(Br)c(NC2CC(c3cccc(Cl)c3)C2)cc1Cl. The highest BCUT2D eigenvalue weighted by Gasteiger charge is 2.30. The number of benzene rings is 2. The summed E-state index contributed by atoms with van der Waals surface area (Å²) < 4.78 is 1.07. The summed E-state index contributed by atoms with van der Waals surface area (Å²) in [7, 11) is 0. The Labute approximate surface area is 143 Å². The first kappa shape index (κ1) is 15.2. The Bertz CT molecular complexity index is 666. The predicted molar refractivity (Wildman–Crippen MR) is 94.7 cm³/mol. The lowest BCUT2D eigenvalue weighted by Gasteiger charge is -2.37. The van der Waals surface area contributed by atoms with Crippen LogP contribution in [0.5, 0.6) is 0 Å². The molecule has 0 atom stereocenters. The summed E-state index contributed by atoms with van der Waals surface area (Å²) in [6.07, 6.45) is 2.25. The molecule has 0 bridgehead atoms. The van der Waals surface area contributed by atoms with Crippen molar-refractivity contribution in [2.75, 3.05) is 5.32 Å². The first-order chi connectivity index (χ1) is 10.0. The van der Waals surface area contributed by atoms with Crippen molar-refractivity contribution in [2.45, 2.75) is 31.7 Å². The Morgan fingerprint density at radius 1 is 1.14 bits per heavy atom. The smallest absolute Gasteiger partial charge is 0.0501 e. The Balaban J connectivity index is 1.64. The minimum Gasteiger partial charge on any atom is -0.381 e. The summed E-state index contributed by atoms with van der Waals surface area (Å²) in [5, 5.41) is 5.18. The number of hydrogen-bond acceptors (Lipinski definition) is 1. The van der Waals surface area contributed by atoms with Crippen molar-refractivity contribution in [2.24, 2.45) is 0 Å². The zero-order valence-electron chi connectivity index (χ0n) is 11.7. The highest BCUT2D eigenvalue weighted by Crippen LogP contribution is 2.40. The van der Waals surface area contributed by atoms with Gasteiger partial charge in [0.25, 0.3) is 0 Å². The summed E-state index contributed by atoms with van der Waals surface area (Å²) in [5.74, 6) is 0.598. The van der Waals surface area contributed by atoms with E-state index >= 15 is 0 Å². The number of hydrogen-bond donors (Lipinski definition) is 1. The summed E-state index contributed by atoms with van der Waals surface area (Å²) in [6.45, 7) is 2.01. The van der Waals surface area contributed by atoms with Crippen LogP contribution < -0.4 is 5.32 Å². The topological polar surface area (TPSA) is 12.0 Å². The number of aryl methyl sites for hydroxylation is 1. The molecule has 0 saturated heterocycles. The molecule has 1 fully saturated rings. The number of rotatable bonds is 3. The highest BCUT2D eigenvalue weighted by atomic mass is 79.9. The standard InChI is InChI=1S/C17H16BrCl2N/c1-10-5-15(18)17(9-16(10)20)21-14-7-12(8-14)11-3-2-4-13(19)6-11/h2-6,9,12,14,21H,7-8H2,1H3. The van der Waals surface area contributed by atoms with Crippen LogP contribution in [-0.2, 0) is 0 Å². The average molecular weight is 385 g/mol. The van der Waals surface area contributed by atoms with E-state index in [1.807, 2.05) is 25.1 Å². The Morgan fingerprint density at radius 3 is 2.62 bits per heavy atom. The van der Waals surface area contributed by atoms with E-state index < -0.39 is 0 Å². The summed E-state index contributed by atoms with van der Waals surface area (Å²) in [5.41, 5.74) is 3.49. The van der Waals surface area contributed by atoms with E-state index in [4.69, 9.17) is 23.2 Å². The van der Waals surface area contributed by atoms with Gasteiger partial charge < -0.3 is 5.32 Å². The van der Waals surface area contributed by atoms with Crippen LogP contribution in [0.4, 0.5) is 5.69 Å². The van der Waals surface area contributed by atoms with E-state index in [0.29, 0.717) is 12.0 Å². The molecule has 0 aromatic heterocycles. The molecule has 0 aliphatic heterocycles. The van der Waals surface area contributed by atoms with Gasteiger partial charge >= 0.3 is 0 Å². The van der Waals surface area contributed by atoms with Gasteiger partial charge in [-0.15, -0.1) is 0 Å². The number of anilines is 1. The molecule has 0 amide bonds. The monoisotopic (exact) mass is 383 g/mol. The number of halogens is 3. The van der Waals surface area contributed by atoms with E-state index in [0.717, 1.165) is 38.6 Å². The van der Waals surface area contributed by atoms with E-state index in [1.54, 1.807) is 0 Å². The maximum Gasteiger partial charge on any atom is 0.0501 e. The highest BCUT2D eigenvalue weighted by molar-refractivity contribution is 9.10. The third-order valence-corrected chi connectivity index (χ3v) is 5.36. The molecule has 1 aliphatic rings. The molecule has 0 unspecified atom stereocenters. The average Bonchev–Trinajstić information content (AvgIpc) is 2.39. The van der Waals surface area contributed by atoms with Crippen molar-refractivity contribution in [1.29, 1.82) is 0 Å². The summed E-state index contributed by atoms with van der Waals surface area (Å²) in [4.78, 5) is 0. The molecular weight excluding hydrogens is 369 g/mol. The molecule has 1 nitrogen and oxygen atoms in total. The molecule has 1 saturated carbocycles. The molecule has 4 heteroatoms. The van der Waals surface area contributed by atoms with E-state index in [-0.39, 0.29) is 0 Å². The van der Waals surface area contributed by atoms with Crippen LogP contribution in [0.15, 0.2) is 40.9 Å². The molecule has 0 radical (unpaired) electrons. The first-order valence-electron chi connectivity index (χ1n) is 7.00. The van der Waals surface area contributed by atoms with Gasteiger partial charge in [-0.3, -0.25) is 0 Å². The Morgan fingerprint density at radius 2 is 1.90 bits per heavy atom. The van der Waals surface area contributed by atoms with E-state index in [9.17, 15) is 0 Å². The van der Waals surface area contributed by atoms with Gasteiger partial charge in [0.2, 0.25) is 0 Å². The minimum absolute atomic E-state index is 0.490. The fraction of sp³-hybridized carbons (Fsp3) is 0.294. The second-order valence-electron chi connectivity index (χ2n) is 5.65. The Kier molecular flexibility index (Phi) is 4.49. The van der Waals surface area contributed by atoms with Gasteiger partial charge in [0.1, 0.15) is 0 Å². The van der Waals surface area contributed by atoms with Crippen LogP contribution in [0.3, 0.4) is 0 Å². The largest absolute Gasteiger partial charge is 0.381 e. The molecule has 1 N–H and O–H groups in total. The lowest BCUT2D eigenvalue weighted by molar-refractivity contribution is 0.374. The summed E-state index contributed by atoms with van der Waals surface area (Å²) >= 11 is 15.8. The van der Waals surface area contributed by atoms with Crippen LogP contribution in [0.25, 0.3) is 0 Å². The van der Waals surface area contributed by atoms with Crippen LogP contribution in [0.2, 0.25) is 10.0 Å². The second-order valence-corrected chi connectivity index (χ2v) is 7.34. The molecule has 110 valence electrons. The minimum atomic E-state index is 0.490. The normalized spacial score (nSPS) is 21.0. The molecule has 0 heterocycles. The molecule has 2 aromatic carbocycles. The van der Waals surface area contributed by atoms with E-state index in [2.05, 4.69) is 39.4 Å². The van der Waals surface area contributed by atoms with Crippen molar-refractivity contribution in [3.63, 3.8) is 0 Å². The second kappa shape index (κ2) is 6.20. The Hall–Kier alpha value is -0.700. The maximum absolute atomic E-state index is 6.20. The lowest BCUT2D eigenvalue weighted by Crippen LogP contribution is -2.34. The van der Waals surface area contributed by atoms with Gasteiger partial charge in [-0.2, -0.15) is 0 Å². The van der Waals surface area contributed by atoms with Crippen molar-refractivity contribution in [3.05, 3.63) is 62.0 Å². The predicted octanol–water partition coefficient (Wildman–Crippen LogP) is 6.42. The molecule has 21 heavy (non-hydrogen) atoms. The quantitative estimate of drug-likeness (QED) is 0.643. The van der Waals surface area contributed by atoms with Gasteiger partial charge in [-0.05, 0) is 77.0 Å². The molecular formula is C17H16BrCl2N. The van der Waals surface area contributed by atoms with Crippen molar-refractivity contribution >= 4 is 44.8 Å². The fourth-order valence-electron chi connectivity index (χ4n) is 2.75. The van der Waals surface area contributed by atoms with Crippen molar-refractivity contribution in [1.82, 2.24) is 0 Å². The van der Waals surface area contributed by atoms with Gasteiger partial charge in [-0.1, -0.05) is 35.3 Å². The van der Waals surface area contributed by atoms with Crippen LogP contribution in [0, 0.1) is 6.92 Å². The molecule has 1 aliphatic carbocycles. The van der Waals surface area contributed by atoms with Crippen LogP contribution in [-0.4, -0.2) is 6.04 Å². The third-order valence-electron chi connectivity index (χ3n) is 4.07. The van der Waals surface area contributed by atoms with Gasteiger partial charge in [0.15, 0.2) is 0 Å². The maximum atomic E-state index is 6.20. The molecule has 2 aromatic rings. The molecule has 0 spiro atoms. The van der Waals surface area contributed by atoms with Gasteiger partial charge in [-0.25, -0.2) is 0 Å². The lowest BCUT2D eigenvalue weighted by atomic mass is 9.76. The van der Waals surface area contributed by atoms with Crippen molar-refractivity contribution < 1.29 is 0 Å². The van der Waals surface area contributed by atoms with Crippen molar-refractivity contribution in [3.8, 4) is 0 Å². The summed E-state index contributed by atoms with van der Waals surface area (Å²) in [6, 6.07) is 12.7. The van der Waals surface area contributed by atoms with Crippen LogP contribution in [0.1, 0.15) is 29.9 Å². The number of nitrogens with one attached hydrogen (secondary N) is 1. The fourth-order valence-corrected chi connectivity index (χ4v) is 3.68. The first-order valence-corrected chi connectivity index (χ1v) is 8.55. The zero-order chi connectivity index (χ0) is 15.0. The zero-order valence-corrected chi connectivity index (χ0v) is 14.8. The van der Waals surface area contributed by atoms with Crippen LogP contribution >= 0.6 is 39.1 Å². The van der Waals surface area contributed by atoms with Gasteiger partial charge in [0, 0.05) is 20.6 Å².